The summed E-state index contributed by atoms with van der Waals surface area (Å²) in [4.78, 5) is 37.4. The van der Waals surface area contributed by atoms with Crippen LogP contribution in [0.3, 0.4) is 0 Å². The molecule has 0 radical (unpaired) electrons. The maximum atomic E-state index is 13.0. The maximum absolute atomic E-state index is 13.0. The highest BCUT2D eigenvalue weighted by Gasteiger charge is 2.46. The van der Waals surface area contributed by atoms with Crippen molar-refractivity contribution in [2.24, 2.45) is 0 Å². The molecule has 0 bridgehead atoms. The van der Waals surface area contributed by atoms with Gasteiger partial charge in [0.15, 0.2) is 11.5 Å². The third-order valence-electron chi connectivity index (χ3n) is 5.20. The number of carbonyl (C=O) groups excluding carboxylic acids is 2. The number of ketones is 1. The van der Waals surface area contributed by atoms with Crippen LogP contribution in [0.1, 0.15) is 24.1 Å². The van der Waals surface area contributed by atoms with Gasteiger partial charge in [-0.1, -0.05) is 6.07 Å². The lowest BCUT2D eigenvalue weighted by Gasteiger charge is -2.25. The zero-order valence-electron chi connectivity index (χ0n) is 18.3. The molecule has 1 saturated heterocycles. The number of rotatable bonds is 10. The minimum Gasteiger partial charge on any atom is -0.507 e. The van der Waals surface area contributed by atoms with Crippen molar-refractivity contribution in [1.29, 1.82) is 0 Å². The van der Waals surface area contributed by atoms with E-state index in [4.69, 9.17) is 14.6 Å². The third kappa shape index (κ3) is 5.00. The van der Waals surface area contributed by atoms with E-state index in [0.29, 0.717) is 5.56 Å². The number of phenols is 1. The predicted molar refractivity (Wildman–Crippen MR) is 119 cm³/mol. The highest BCUT2D eigenvalue weighted by atomic mass is 16.6. The van der Waals surface area contributed by atoms with Gasteiger partial charge in [-0.3, -0.25) is 19.7 Å². The number of aliphatic hydroxyl groups is 2. The number of ether oxygens (including phenoxy) is 2. The fourth-order valence-corrected chi connectivity index (χ4v) is 3.66. The first-order chi connectivity index (χ1) is 16.3. The van der Waals surface area contributed by atoms with Crippen LogP contribution in [-0.4, -0.2) is 69.8 Å². The Morgan fingerprint density at radius 1 is 1.15 bits per heavy atom. The monoisotopic (exact) mass is 472 g/mol. The number of hydrogen-bond donors (Lipinski definition) is 3. The lowest BCUT2D eigenvalue weighted by molar-refractivity contribution is -0.384. The van der Waals surface area contributed by atoms with Gasteiger partial charge in [-0.05, 0) is 36.8 Å². The summed E-state index contributed by atoms with van der Waals surface area (Å²) in [5, 5.41) is 40.9. The topological polar surface area (TPSA) is 160 Å². The summed E-state index contributed by atoms with van der Waals surface area (Å²) in [6.07, 6.45) is 0. The van der Waals surface area contributed by atoms with Gasteiger partial charge in [0.2, 0.25) is 0 Å². The van der Waals surface area contributed by atoms with Gasteiger partial charge < -0.3 is 29.7 Å². The number of aliphatic hydroxyl groups excluding tert-OH is 2. The highest BCUT2D eigenvalue weighted by Crippen LogP contribution is 2.41. The van der Waals surface area contributed by atoms with Gasteiger partial charge in [-0.15, -0.1) is 0 Å². The summed E-state index contributed by atoms with van der Waals surface area (Å²) in [5.41, 5.74) is 0.101. The molecule has 1 amide bonds. The van der Waals surface area contributed by atoms with Crippen molar-refractivity contribution in [3.63, 3.8) is 0 Å². The summed E-state index contributed by atoms with van der Waals surface area (Å²) in [7, 11) is 0. The van der Waals surface area contributed by atoms with E-state index >= 15 is 0 Å². The van der Waals surface area contributed by atoms with E-state index in [1.807, 2.05) is 0 Å². The Kier molecular flexibility index (Phi) is 7.82. The van der Waals surface area contributed by atoms with Crippen LogP contribution >= 0.6 is 0 Å². The van der Waals surface area contributed by atoms with Crippen LogP contribution in [0.5, 0.6) is 11.5 Å². The Labute approximate surface area is 194 Å². The van der Waals surface area contributed by atoms with Crippen LogP contribution in [0.25, 0.3) is 5.76 Å². The molecular weight excluding hydrogens is 448 g/mol. The van der Waals surface area contributed by atoms with Gasteiger partial charge in [-0.25, -0.2) is 0 Å². The Balaban J connectivity index is 2.11. The van der Waals surface area contributed by atoms with Gasteiger partial charge >= 0.3 is 0 Å². The van der Waals surface area contributed by atoms with Crippen molar-refractivity contribution in [3.8, 4) is 11.5 Å². The maximum Gasteiger partial charge on any atom is 0.295 e. The number of nitrogens with zero attached hydrogens (tertiary/aromatic N) is 2. The summed E-state index contributed by atoms with van der Waals surface area (Å²) in [6.45, 7) is 1.83. The minimum absolute atomic E-state index is 0.0167. The van der Waals surface area contributed by atoms with Gasteiger partial charge in [0.1, 0.15) is 5.76 Å². The van der Waals surface area contributed by atoms with Crippen molar-refractivity contribution in [2.45, 2.75) is 13.0 Å². The van der Waals surface area contributed by atoms with E-state index in [0.717, 1.165) is 0 Å². The molecule has 0 saturated carbocycles. The second-order valence-electron chi connectivity index (χ2n) is 7.29. The van der Waals surface area contributed by atoms with Crippen LogP contribution in [0.2, 0.25) is 0 Å². The van der Waals surface area contributed by atoms with Gasteiger partial charge in [-0.2, -0.15) is 0 Å². The Morgan fingerprint density at radius 2 is 1.85 bits per heavy atom. The molecule has 1 fully saturated rings. The van der Waals surface area contributed by atoms with Gasteiger partial charge in [0, 0.05) is 24.2 Å². The van der Waals surface area contributed by atoms with Crippen molar-refractivity contribution in [1.82, 2.24) is 4.90 Å². The number of carbonyl (C=O) groups is 2. The number of benzene rings is 2. The molecular formula is C23H24N2O9. The smallest absolute Gasteiger partial charge is 0.295 e. The van der Waals surface area contributed by atoms with Crippen LogP contribution < -0.4 is 4.74 Å². The number of likely N-dealkylation sites (tertiary alicyclic amines) is 1. The molecule has 0 unspecified atom stereocenters. The van der Waals surface area contributed by atoms with Gasteiger partial charge in [0.25, 0.3) is 17.4 Å². The molecule has 1 heterocycles. The molecule has 1 atom stereocenters. The van der Waals surface area contributed by atoms with E-state index in [-0.39, 0.29) is 61.3 Å². The number of Topliss-reactive ketones (excluding diaryl/α,β-unsaturated/α-hetero) is 1. The summed E-state index contributed by atoms with van der Waals surface area (Å²) < 4.78 is 10.7. The van der Waals surface area contributed by atoms with Crippen LogP contribution in [0.15, 0.2) is 48.0 Å². The van der Waals surface area contributed by atoms with E-state index < -0.39 is 28.4 Å². The summed E-state index contributed by atoms with van der Waals surface area (Å²) in [5.74, 6) is -2.30. The number of phenolic OH excluding ortho intramolecular Hbond substituents is 1. The fourth-order valence-electron chi connectivity index (χ4n) is 3.66. The molecule has 2 aromatic rings. The first-order valence-corrected chi connectivity index (χ1v) is 10.5. The van der Waals surface area contributed by atoms with Crippen molar-refractivity contribution >= 4 is 23.1 Å². The zero-order valence-corrected chi connectivity index (χ0v) is 18.3. The van der Waals surface area contributed by atoms with Crippen molar-refractivity contribution in [2.75, 3.05) is 33.0 Å². The molecule has 0 aromatic heterocycles. The Bertz CT molecular complexity index is 1110. The quantitative estimate of drug-likeness (QED) is 0.118. The van der Waals surface area contributed by atoms with E-state index in [2.05, 4.69) is 0 Å². The third-order valence-corrected chi connectivity index (χ3v) is 5.20. The van der Waals surface area contributed by atoms with Crippen molar-refractivity contribution < 1.29 is 39.3 Å². The first-order valence-electron chi connectivity index (χ1n) is 10.5. The van der Waals surface area contributed by atoms with E-state index in [9.17, 15) is 29.9 Å². The van der Waals surface area contributed by atoms with Crippen LogP contribution in [-0.2, 0) is 14.3 Å². The second-order valence-corrected chi connectivity index (χ2v) is 7.29. The number of nitro benzene ring substituents is 1. The molecule has 34 heavy (non-hydrogen) atoms. The number of non-ortho nitro benzene ring substituents is 1. The molecule has 1 aliphatic rings. The normalized spacial score (nSPS) is 17.2. The lowest BCUT2D eigenvalue weighted by atomic mass is 9.95. The van der Waals surface area contributed by atoms with Crippen LogP contribution in [0.4, 0.5) is 5.69 Å². The molecule has 11 heteroatoms. The fraction of sp³-hybridized carbons (Fsp3) is 0.304. The molecule has 11 nitrogen and oxygen atoms in total. The Morgan fingerprint density at radius 3 is 2.47 bits per heavy atom. The second kappa shape index (κ2) is 10.8. The summed E-state index contributed by atoms with van der Waals surface area (Å²) >= 11 is 0. The lowest BCUT2D eigenvalue weighted by Crippen LogP contribution is -2.33. The molecule has 0 spiro atoms. The minimum atomic E-state index is -1.03. The molecule has 2 aromatic carbocycles. The molecule has 3 N–H and O–H groups in total. The predicted octanol–water partition coefficient (Wildman–Crippen LogP) is 2.13. The van der Waals surface area contributed by atoms with Gasteiger partial charge in [0.05, 0.1) is 43.0 Å². The summed E-state index contributed by atoms with van der Waals surface area (Å²) in [6, 6.07) is 8.21. The number of nitro groups is 1. The SMILES string of the molecule is CCOc1cc([C@@H]2C(=C(O)c3ccc([N+](=O)[O-])cc3)C(=O)C(=O)N2CCOCCO)ccc1O. The average Bonchev–Trinajstić information content (AvgIpc) is 3.08. The van der Waals surface area contributed by atoms with Crippen molar-refractivity contribution in [3.05, 3.63) is 69.3 Å². The standard InChI is InChI=1S/C23H24N2O9/c1-2-34-18-13-15(5-8-17(18)27)20-19(21(28)14-3-6-16(7-4-14)25(31)32)22(29)23(30)24(20)9-11-33-12-10-26/h3-8,13,20,26-28H,2,9-12H2,1H3/t20-/m1/s1. The molecule has 0 aliphatic carbocycles. The van der Waals surface area contributed by atoms with Crippen LogP contribution in [0, 0.1) is 10.1 Å². The van der Waals surface area contributed by atoms with E-state index in [1.165, 1.54) is 47.4 Å². The largest absolute Gasteiger partial charge is 0.507 e. The number of aromatic hydroxyl groups is 1. The molecule has 3 rings (SSSR count). The first kappa shape index (κ1) is 24.7. The Hall–Kier alpha value is -3.96. The average molecular weight is 472 g/mol. The molecule has 180 valence electrons. The van der Waals surface area contributed by atoms with E-state index in [1.54, 1.807) is 6.92 Å². The number of hydrogen-bond acceptors (Lipinski definition) is 9. The zero-order chi connectivity index (χ0) is 24.8. The molecule has 1 aliphatic heterocycles. The highest BCUT2D eigenvalue weighted by molar-refractivity contribution is 6.46. The number of amides is 1.